The summed E-state index contributed by atoms with van der Waals surface area (Å²) in [4.78, 5) is 0. The average molecular weight is 705 g/mol. The van der Waals surface area contributed by atoms with Crippen molar-refractivity contribution in [2.45, 2.75) is 295 Å². The molecule has 5 spiro atoms. The van der Waals surface area contributed by atoms with Crippen molar-refractivity contribution >= 4 is 0 Å². The molecule has 6 aliphatic carbocycles. The van der Waals surface area contributed by atoms with Crippen LogP contribution in [-0.4, -0.2) is 0 Å². The zero-order valence-electron chi connectivity index (χ0n) is 35.0. The summed E-state index contributed by atoms with van der Waals surface area (Å²) >= 11 is 0. The molecule has 0 unspecified atom stereocenters. The van der Waals surface area contributed by atoms with Gasteiger partial charge in [-0.05, 0) is 143 Å². The SMILES string of the molecule is C1CCCCCCCCC2(CCCCCCC1)CCC1(CC2)CCC2(CC1)CC1(CCCCCCCCCCCC3(CCCCCC1)CCC3)C2. The molecule has 0 N–H and O–H groups in total. The number of hydrogen-bond acceptors (Lipinski definition) is 0. The molecular formula is C51H92. The second-order valence-electron chi connectivity index (χ2n) is 21.8. The fourth-order valence-corrected chi connectivity index (χ4v) is 14.1. The molecule has 51 heavy (non-hydrogen) atoms. The van der Waals surface area contributed by atoms with Crippen molar-refractivity contribution in [3.8, 4) is 0 Å². The second-order valence-corrected chi connectivity index (χ2v) is 21.8. The molecule has 296 valence electrons. The Morgan fingerprint density at radius 3 is 0.529 bits per heavy atom. The molecule has 0 heterocycles. The Balaban J connectivity index is 0.955. The van der Waals surface area contributed by atoms with Crippen LogP contribution in [0.15, 0.2) is 0 Å². The van der Waals surface area contributed by atoms with Gasteiger partial charge in [0.1, 0.15) is 0 Å². The average Bonchev–Trinajstić information content (AvgIpc) is 3.11. The summed E-state index contributed by atoms with van der Waals surface area (Å²) in [5, 5.41) is 0. The van der Waals surface area contributed by atoms with Gasteiger partial charge in [-0.1, -0.05) is 180 Å². The van der Waals surface area contributed by atoms with E-state index in [2.05, 4.69) is 0 Å². The van der Waals surface area contributed by atoms with Crippen LogP contribution in [0.3, 0.4) is 0 Å². The van der Waals surface area contributed by atoms with Crippen LogP contribution in [0.2, 0.25) is 0 Å². The van der Waals surface area contributed by atoms with Crippen molar-refractivity contribution in [3.05, 3.63) is 0 Å². The van der Waals surface area contributed by atoms with Crippen LogP contribution in [0.1, 0.15) is 295 Å². The fourth-order valence-electron chi connectivity index (χ4n) is 14.1. The van der Waals surface area contributed by atoms with Gasteiger partial charge in [0, 0.05) is 0 Å². The van der Waals surface area contributed by atoms with Gasteiger partial charge in [0.25, 0.3) is 0 Å². The maximum absolute atomic E-state index is 1.64. The Hall–Kier alpha value is 0. The number of rotatable bonds is 0. The van der Waals surface area contributed by atoms with Gasteiger partial charge >= 0.3 is 0 Å². The van der Waals surface area contributed by atoms with E-state index in [1.807, 2.05) is 0 Å². The van der Waals surface area contributed by atoms with Crippen molar-refractivity contribution in [3.63, 3.8) is 0 Å². The van der Waals surface area contributed by atoms with Gasteiger partial charge in [-0.2, -0.15) is 0 Å². The second kappa shape index (κ2) is 20.8. The highest BCUT2D eigenvalue weighted by Crippen LogP contribution is 2.68. The van der Waals surface area contributed by atoms with Crippen LogP contribution in [0.5, 0.6) is 0 Å². The first-order valence-electron chi connectivity index (χ1n) is 25.1. The van der Waals surface area contributed by atoms with Gasteiger partial charge in [0.05, 0.1) is 0 Å². The van der Waals surface area contributed by atoms with E-state index >= 15 is 0 Å². The molecule has 6 saturated carbocycles. The third-order valence-corrected chi connectivity index (χ3v) is 17.9. The maximum atomic E-state index is 1.64. The molecule has 0 aromatic heterocycles. The van der Waals surface area contributed by atoms with Crippen LogP contribution in [0.4, 0.5) is 0 Å². The highest BCUT2D eigenvalue weighted by molar-refractivity contribution is 5.07. The van der Waals surface area contributed by atoms with Gasteiger partial charge in [-0.15, -0.1) is 0 Å². The molecule has 0 bridgehead atoms. The van der Waals surface area contributed by atoms with E-state index in [0.717, 1.165) is 27.1 Å². The van der Waals surface area contributed by atoms with Crippen LogP contribution in [0, 0.1) is 27.1 Å². The highest BCUT2D eigenvalue weighted by atomic mass is 14.6. The molecule has 0 nitrogen and oxygen atoms in total. The number of hydrogen-bond donors (Lipinski definition) is 0. The summed E-state index contributed by atoms with van der Waals surface area (Å²) in [5.74, 6) is 0. The first-order valence-corrected chi connectivity index (χ1v) is 25.1. The van der Waals surface area contributed by atoms with Gasteiger partial charge in [0.15, 0.2) is 0 Å². The van der Waals surface area contributed by atoms with Crippen molar-refractivity contribution in [2.75, 3.05) is 0 Å². The quantitative estimate of drug-likeness (QED) is 0.235. The largest absolute Gasteiger partial charge is 0.0533 e. The third kappa shape index (κ3) is 12.5. The van der Waals surface area contributed by atoms with Gasteiger partial charge in [0.2, 0.25) is 0 Å². The summed E-state index contributed by atoms with van der Waals surface area (Å²) < 4.78 is 0. The minimum absolute atomic E-state index is 0.731. The van der Waals surface area contributed by atoms with Gasteiger partial charge in [-0.3, -0.25) is 0 Å². The Labute approximate surface area is 321 Å². The van der Waals surface area contributed by atoms with Gasteiger partial charge < -0.3 is 0 Å². The summed E-state index contributed by atoms with van der Waals surface area (Å²) in [5.41, 5.74) is 3.80. The van der Waals surface area contributed by atoms with Crippen molar-refractivity contribution in [2.24, 2.45) is 27.1 Å². The minimum atomic E-state index is 0.731. The summed E-state index contributed by atoms with van der Waals surface area (Å²) in [6.07, 6.45) is 71.4. The lowest BCUT2D eigenvalue weighted by Gasteiger charge is -2.62. The Kier molecular flexibility index (Phi) is 16.6. The molecule has 6 fully saturated rings. The van der Waals surface area contributed by atoms with E-state index in [1.54, 1.807) is 148 Å². The first kappa shape index (κ1) is 40.7. The normalized spacial score (nSPS) is 31.1. The standard InChI is InChI=1S/C51H92/c1-2-4-6-9-14-18-24-32-48(31-23-17-13-8-5-3-1)37-39-49(40-38-48)41-43-51(44-42-49)45-50(46-51)33-26-19-15-11-7-10-12-16-22-29-47(35-28-36-47)30-25-20-21-27-34-50/h1-46H2. The summed E-state index contributed by atoms with van der Waals surface area (Å²) in [6.45, 7) is 0. The first-order chi connectivity index (χ1) is 25.1. The zero-order valence-corrected chi connectivity index (χ0v) is 35.0. The predicted octanol–water partition coefficient (Wildman–Crippen LogP) is 17.9. The van der Waals surface area contributed by atoms with Crippen LogP contribution in [-0.2, 0) is 0 Å². The molecule has 0 atom stereocenters. The molecule has 0 aliphatic heterocycles. The van der Waals surface area contributed by atoms with E-state index in [9.17, 15) is 0 Å². The summed E-state index contributed by atoms with van der Waals surface area (Å²) in [6, 6.07) is 0. The third-order valence-electron chi connectivity index (χ3n) is 17.9. The molecule has 0 heteroatoms. The monoisotopic (exact) mass is 705 g/mol. The lowest BCUT2D eigenvalue weighted by Crippen LogP contribution is -2.50. The zero-order chi connectivity index (χ0) is 35.0. The Bertz CT molecular complexity index is 890. The Morgan fingerprint density at radius 1 is 0.118 bits per heavy atom. The molecule has 0 amide bonds. The minimum Gasteiger partial charge on any atom is -0.0533 e. The predicted molar refractivity (Wildman–Crippen MR) is 225 cm³/mol. The molecule has 6 rings (SSSR count). The molecular weight excluding hydrogens is 613 g/mol. The van der Waals surface area contributed by atoms with E-state index < -0.39 is 0 Å². The van der Waals surface area contributed by atoms with Crippen molar-refractivity contribution < 1.29 is 0 Å². The summed E-state index contributed by atoms with van der Waals surface area (Å²) in [7, 11) is 0. The lowest BCUT2D eigenvalue weighted by atomic mass is 9.43. The molecule has 0 radical (unpaired) electrons. The molecule has 0 aromatic carbocycles. The van der Waals surface area contributed by atoms with E-state index in [0.29, 0.717) is 0 Å². The van der Waals surface area contributed by atoms with Gasteiger partial charge in [-0.25, -0.2) is 0 Å². The van der Waals surface area contributed by atoms with Crippen molar-refractivity contribution in [1.82, 2.24) is 0 Å². The van der Waals surface area contributed by atoms with E-state index in [1.165, 1.54) is 148 Å². The van der Waals surface area contributed by atoms with E-state index in [4.69, 9.17) is 0 Å². The van der Waals surface area contributed by atoms with Crippen LogP contribution in [0.25, 0.3) is 0 Å². The fraction of sp³-hybridized carbons (Fsp3) is 1.00. The van der Waals surface area contributed by atoms with Crippen LogP contribution >= 0.6 is 0 Å². The smallest absolute Gasteiger partial charge is 0.0287 e. The Morgan fingerprint density at radius 2 is 0.275 bits per heavy atom. The maximum Gasteiger partial charge on any atom is -0.0287 e. The van der Waals surface area contributed by atoms with Crippen LogP contribution < -0.4 is 0 Å². The highest BCUT2D eigenvalue weighted by Gasteiger charge is 2.56. The lowest BCUT2D eigenvalue weighted by molar-refractivity contribution is -0.111. The van der Waals surface area contributed by atoms with E-state index in [-0.39, 0.29) is 0 Å². The molecule has 0 saturated heterocycles. The molecule has 0 aromatic rings. The molecule has 6 aliphatic rings. The topological polar surface area (TPSA) is 0 Å². The van der Waals surface area contributed by atoms with Crippen molar-refractivity contribution in [1.29, 1.82) is 0 Å².